The van der Waals surface area contributed by atoms with Gasteiger partial charge < -0.3 is 10.1 Å². The fourth-order valence-electron chi connectivity index (χ4n) is 2.63. The molecule has 4 heteroatoms. The van der Waals surface area contributed by atoms with Crippen molar-refractivity contribution in [3.8, 4) is 0 Å². The van der Waals surface area contributed by atoms with Crippen LogP contribution in [0.5, 0.6) is 0 Å². The summed E-state index contributed by atoms with van der Waals surface area (Å²) < 4.78 is 6.25. The lowest BCUT2D eigenvalue weighted by Crippen LogP contribution is -2.45. The van der Waals surface area contributed by atoms with Gasteiger partial charge in [0.1, 0.15) is 0 Å². The van der Waals surface area contributed by atoms with E-state index < -0.39 is 0 Å². The number of thiazole rings is 1. The maximum Gasteiger partial charge on any atom is 0.0797 e. The Labute approximate surface area is 127 Å². The van der Waals surface area contributed by atoms with Gasteiger partial charge >= 0.3 is 0 Å². The van der Waals surface area contributed by atoms with Gasteiger partial charge in [-0.2, -0.15) is 0 Å². The molecule has 0 unspecified atom stereocenters. The van der Waals surface area contributed by atoms with Gasteiger partial charge in [-0.25, -0.2) is 4.98 Å². The first-order valence-corrected chi connectivity index (χ1v) is 8.56. The van der Waals surface area contributed by atoms with Crippen molar-refractivity contribution in [2.24, 2.45) is 0 Å². The average molecular weight is 296 g/mol. The van der Waals surface area contributed by atoms with Crippen molar-refractivity contribution in [3.05, 3.63) is 16.1 Å². The Hall–Kier alpha value is -0.450. The summed E-state index contributed by atoms with van der Waals surface area (Å²) >= 11 is 1.74. The molecule has 0 amide bonds. The van der Waals surface area contributed by atoms with E-state index in [4.69, 9.17) is 4.74 Å². The third-order valence-corrected chi connectivity index (χ3v) is 5.08. The first-order valence-electron chi connectivity index (χ1n) is 7.68. The summed E-state index contributed by atoms with van der Waals surface area (Å²) in [5, 5.41) is 3.57. The van der Waals surface area contributed by atoms with Gasteiger partial charge in [-0.3, -0.25) is 0 Å². The lowest BCUT2D eigenvalue weighted by Gasteiger charge is -2.42. The molecule has 1 N–H and O–H groups in total. The number of nitrogens with zero attached hydrogens (tertiary/aromatic N) is 1. The number of ether oxygens (including phenoxy) is 1. The van der Waals surface area contributed by atoms with Gasteiger partial charge in [0.25, 0.3) is 0 Å². The van der Waals surface area contributed by atoms with E-state index in [1.807, 2.05) is 5.51 Å². The van der Waals surface area contributed by atoms with E-state index in [0.29, 0.717) is 0 Å². The third kappa shape index (κ3) is 4.54. The molecule has 1 aliphatic rings. The van der Waals surface area contributed by atoms with Crippen LogP contribution >= 0.6 is 11.3 Å². The normalized spacial score (nSPS) is 18.0. The fraction of sp³-hybridized carbons (Fsp3) is 0.812. The van der Waals surface area contributed by atoms with Gasteiger partial charge in [0.15, 0.2) is 0 Å². The van der Waals surface area contributed by atoms with Gasteiger partial charge in [0, 0.05) is 16.8 Å². The zero-order valence-corrected chi connectivity index (χ0v) is 14.1. The minimum atomic E-state index is 0.150. The molecule has 0 radical (unpaired) electrons. The van der Waals surface area contributed by atoms with Crippen molar-refractivity contribution in [1.29, 1.82) is 0 Å². The van der Waals surface area contributed by atoms with E-state index in [2.05, 4.69) is 38.0 Å². The average Bonchev–Trinajstić information content (AvgIpc) is 2.69. The van der Waals surface area contributed by atoms with Crippen LogP contribution in [0, 0.1) is 6.92 Å². The molecule has 1 heterocycles. The predicted octanol–water partition coefficient (Wildman–Crippen LogP) is 3.71. The van der Waals surface area contributed by atoms with Crippen molar-refractivity contribution >= 4 is 11.3 Å². The summed E-state index contributed by atoms with van der Waals surface area (Å²) in [5.41, 5.74) is 3.44. The minimum Gasteiger partial charge on any atom is -0.375 e. The Morgan fingerprint density at radius 3 is 2.65 bits per heavy atom. The highest BCUT2D eigenvalue weighted by Gasteiger charge is 2.37. The Balaban J connectivity index is 1.73. The van der Waals surface area contributed by atoms with Crippen LogP contribution < -0.4 is 5.32 Å². The number of aromatic nitrogens is 1. The van der Waals surface area contributed by atoms with Gasteiger partial charge in [-0.05, 0) is 59.9 Å². The number of hydrogen-bond donors (Lipinski definition) is 1. The van der Waals surface area contributed by atoms with E-state index in [-0.39, 0.29) is 11.1 Å². The second kappa shape index (κ2) is 6.54. The topological polar surface area (TPSA) is 34.1 Å². The van der Waals surface area contributed by atoms with Crippen LogP contribution in [0.4, 0.5) is 0 Å². The molecule has 0 atom stereocenters. The van der Waals surface area contributed by atoms with E-state index in [1.165, 1.54) is 24.1 Å². The highest BCUT2D eigenvalue weighted by atomic mass is 32.1. The summed E-state index contributed by atoms with van der Waals surface area (Å²) in [6.07, 6.45) is 5.90. The van der Waals surface area contributed by atoms with Crippen molar-refractivity contribution < 1.29 is 4.74 Å². The van der Waals surface area contributed by atoms with Crippen LogP contribution in [0.2, 0.25) is 0 Å². The molecule has 1 aliphatic carbocycles. The molecule has 0 aromatic carbocycles. The van der Waals surface area contributed by atoms with Gasteiger partial charge in [0.05, 0.1) is 23.4 Å². The van der Waals surface area contributed by atoms with E-state index >= 15 is 0 Å². The molecular formula is C16H28N2OS. The Morgan fingerprint density at radius 1 is 1.40 bits per heavy atom. The highest BCUT2D eigenvalue weighted by Crippen LogP contribution is 2.38. The Morgan fingerprint density at radius 2 is 2.15 bits per heavy atom. The number of aryl methyl sites for hydroxylation is 1. The largest absolute Gasteiger partial charge is 0.375 e. The molecule has 114 valence electrons. The summed E-state index contributed by atoms with van der Waals surface area (Å²) in [7, 11) is 0. The smallest absolute Gasteiger partial charge is 0.0797 e. The van der Waals surface area contributed by atoms with Crippen LogP contribution in [-0.2, 0) is 11.2 Å². The molecule has 1 fully saturated rings. The SMILES string of the molecule is Cc1ncsc1CCOC1(CCNC(C)(C)C)CCC1. The van der Waals surface area contributed by atoms with Crippen molar-refractivity contribution in [2.75, 3.05) is 13.2 Å². The number of rotatable bonds is 7. The molecule has 0 saturated heterocycles. The molecule has 1 saturated carbocycles. The van der Waals surface area contributed by atoms with Crippen LogP contribution in [0.15, 0.2) is 5.51 Å². The molecule has 1 aromatic heterocycles. The Kier molecular flexibility index (Phi) is 5.21. The van der Waals surface area contributed by atoms with Crippen LogP contribution in [0.25, 0.3) is 0 Å². The highest BCUT2D eigenvalue weighted by molar-refractivity contribution is 7.09. The summed E-state index contributed by atoms with van der Waals surface area (Å²) in [5.74, 6) is 0. The summed E-state index contributed by atoms with van der Waals surface area (Å²) in [6, 6.07) is 0. The fourth-order valence-corrected chi connectivity index (χ4v) is 3.39. The lowest BCUT2D eigenvalue weighted by molar-refractivity contribution is -0.103. The second-order valence-corrected chi connectivity index (χ2v) is 7.86. The van der Waals surface area contributed by atoms with Crippen molar-refractivity contribution in [1.82, 2.24) is 10.3 Å². The quantitative estimate of drug-likeness (QED) is 0.833. The van der Waals surface area contributed by atoms with Gasteiger partial charge in [0.2, 0.25) is 0 Å². The van der Waals surface area contributed by atoms with Gasteiger partial charge in [-0.1, -0.05) is 0 Å². The summed E-state index contributed by atoms with van der Waals surface area (Å²) in [6.45, 7) is 10.6. The lowest BCUT2D eigenvalue weighted by atomic mass is 9.77. The number of hydrogen-bond acceptors (Lipinski definition) is 4. The molecule has 2 rings (SSSR count). The number of nitrogens with one attached hydrogen (secondary N) is 1. The molecule has 0 bridgehead atoms. The van der Waals surface area contributed by atoms with Crippen molar-refractivity contribution in [2.45, 2.75) is 70.9 Å². The molecule has 20 heavy (non-hydrogen) atoms. The summed E-state index contributed by atoms with van der Waals surface area (Å²) in [4.78, 5) is 5.66. The maximum absolute atomic E-state index is 6.25. The minimum absolute atomic E-state index is 0.150. The zero-order chi connectivity index (χ0) is 14.6. The molecule has 0 spiro atoms. The zero-order valence-electron chi connectivity index (χ0n) is 13.3. The van der Waals surface area contributed by atoms with Crippen molar-refractivity contribution in [3.63, 3.8) is 0 Å². The van der Waals surface area contributed by atoms with Gasteiger partial charge in [-0.15, -0.1) is 11.3 Å². The predicted molar refractivity (Wildman–Crippen MR) is 85.5 cm³/mol. The molecule has 3 nitrogen and oxygen atoms in total. The first-order chi connectivity index (χ1) is 9.40. The molecular weight excluding hydrogens is 268 g/mol. The van der Waals surface area contributed by atoms with E-state index in [1.54, 1.807) is 11.3 Å². The van der Waals surface area contributed by atoms with Crippen LogP contribution in [-0.4, -0.2) is 29.3 Å². The van der Waals surface area contributed by atoms with Crippen LogP contribution in [0.1, 0.15) is 57.0 Å². The van der Waals surface area contributed by atoms with Crippen LogP contribution in [0.3, 0.4) is 0 Å². The monoisotopic (exact) mass is 296 g/mol. The van der Waals surface area contributed by atoms with E-state index in [0.717, 1.165) is 31.7 Å². The second-order valence-electron chi connectivity index (χ2n) is 6.92. The Bertz CT molecular complexity index is 418. The first kappa shape index (κ1) is 15.9. The molecule has 0 aliphatic heterocycles. The standard InChI is InChI=1S/C16H28N2OS/c1-13-14(20-12-17-13)6-11-19-16(7-5-8-16)9-10-18-15(2,3)4/h12,18H,5-11H2,1-4H3. The third-order valence-electron chi connectivity index (χ3n) is 4.08. The maximum atomic E-state index is 6.25. The molecule has 1 aromatic rings. The van der Waals surface area contributed by atoms with E-state index in [9.17, 15) is 0 Å².